The summed E-state index contributed by atoms with van der Waals surface area (Å²) >= 11 is 0. The van der Waals surface area contributed by atoms with E-state index in [0.717, 1.165) is 6.54 Å². The number of hydrogen-bond acceptors (Lipinski definition) is 2. The first-order valence-corrected chi connectivity index (χ1v) is 5.58. The average molecular weight is 194 g/mol. The summed E-state index contributed by atoms with van der Waals surface area (Å²) in [6.45, 7) is 2.88. The molecular weight excluding hydrogens is 172 g/mol. The molecule has 80 valence electrons. The van der Waals surface area contributed by atoms with Crippen LogP contribution in [-0.2, 0) is 0 Å². The molecule has 0 aromatic carbocycles. The molecule has 1 fully saturated rings. The van der Waals surface area contributed by atoms with Crippen LogP contribution in [0.2, 0.25) is 0 Å². The number of nitrogens with zero attached hydrogens (tertiary/aromatic N) is 1. The van der Waals surface area contributed by atoms with Crippen molar-refractivity contribution in [1.29, 1.82) is 0 Å². The SMILES string of the molecule is C#CC(C)N(C)C1CCCCC1CN. The van der Waals surface area contributed by atoms with E-state index in [0.29, 0.717) is 12.0 Å². The minimum atomic E-state index is 0.229. The first kappa shape index (κ1) is 11.6. The molecule has 1 aliphatic carbocycles. The van der Waals surface area contributed by atoms with Crippen LogP contribution in [0.15, 0.2) is 0 Å². The molecule has 0 spiro atoms. The van der Waals surface area contributed by atoms with E-state index in [2.05, 4.69) is 24.8 Å². The lowest BCUT2D eigenvalue weighted by Crippen LogP contribution is -2.46. The van der Waals surface area contributed by atoms with Gasteiger partial charge in [0.25, 0.3) is 0 Å². The molecule has 2 nitrogen and oxygen atoms in total. The predicted molar refractivity (Wildman–Crippen MR) is 60.9 cm³/mol. The normalized spacial score (nSPS) is 29.9. The molecule has 3 atom stereocenters. The van der Waals surface area contributed by atoms with Gasteiger partial charge in [0.2, 0.25) is 0 Å². The van der Waals surface area contributed by atoms with E-state index in [-0.39, 0.29) is 6.04 Å². The standard InChI is InChI=1S/C12H22N2/c1-4-10(2)14(3)12-8-6-5-7-11(12)9-13/h1,10-12H,5-9,13H2,2-3H3. The van der Waals surface area contributed by atoms with Crippen LogP contribution >= 0.6 is 0 Å². The van der Waals surface area contributed by atoms with Crippen molar-refractivity contribution in [1.82, 2.24) is 4.90 Å². The maximum atomic E-state index is 5.79. The maximum absolute atomic E-state index is 5.79. The molecule has 0 heterocycles. The van der Waals surface area contributed by atoms with Gasteiger partial charge in [0.15, 0.2) is 0 Å². The molecule has 14 heavy (non-hydrogen) atoms. The van der Waals surface area contributed by atoms with E-state index < -0.39 is 0 Å². The third-order valence-corrected chi connectivity index (χ3v) is 3.55. The van der Waals surface area contributed by atoms with Crippen molar-refractivity contribution in [2.45, 2.75) is 44.7 Å². The molecule has 0 bridgehead atoms. The van der Waals surface area contributed by atoms with Crippen molar-refractivity contribution in [3.05, 3.63) is 0 Å². The van der Waals surface area contributed by atoms with Crippen LogP contribution in [0.3, 0.4) is 0 Å². The van der Waals surface area contributed by atoms with Crippen LogP contribution in [0.4, 0.5) is 0 Å². The van der Waals surface area contributed by atoms with Gasteiger partial charge < -0.3 is 5.73 Å². The maximum Gasteiger partial charge on any atom is 0.0683 e. The van der Waals surface area contributed by atoms with Gasteiger partial charge in [-0.05, 0) is 39.3 Å². The molecule has 0 saturated heterocycles. The van der Waals surface area contributed by atoms with Gasteiger partial charge in [-0.3, -0.25) is 4.90 Å². The molecule has 1 aliphatic rings. The van der Waals surface area contributed by atoms with E-state index in [1.165, 1.54) is 25.7 Å². The largest absolute Gasteiger partial charge is 0.330 e. The number of nitrogens with two attached hydrogens (primary N) is 1. The van der Waals surface area contributed by atoms with Crippen LogP contribution in [0.25, 0.3) is 0 Å². The summed E-state index contributed by atoms with van der Waals surface area (Å²) in [5, 5.41) is 0. The highest BCUT2D eigenvalue weighted by Gasteiger charge is 2.28. The van der Waals surface area contributed by atoms with Crippen LogP contribution in [0.1, 0.15) is 32.6 Å². The second-order valence-corrected chi connectivity index (χ2v) is 4.36. The average Bonchev–Trinajstić information content (AvgIpc) is 2.26. The zero-order valence-electron chi connectivity index (χ0n) is 9.37. The molecule has 0 radical (unpaired) electrons. The Morgan fingerprint density at radius 2 is 2.14 bits per heavy atom. The Balaban J connectivity index is 2.59. The Hall–Kier alpha value is -0.520. The number of rotatable bonds is 3. The summed E-state index contributed by atoms with van der Waals surface area (Å²) in [5.74, 6) is 3.43. The quantitative estimate of drug-likeness (QED) is 0.689. The van der Waals surface area contributed by atoms with E-state index in [1.54, 1.807) is 0 Å². The molecule has 0 amide bonds. The zero-order valence-corrected chi connectivity index (χ0v) is 9.37. The summed E-state index contributed by atoms with van der Waals surface area (Å²) in [7, 11) is 2.13. The van der Waals surface area contributed by atoms with Gasteiger partial charge in [0, 0.05) is 6.04 Å². The summed E-state index contributed by atoms with van der Waals surface area (Å²) in [6.07, 6.45) is 10.6. The first-order chi connectivity index (χ1) is 6.70. The molecule has 0 aliphatic heterocycles. The predicted octanol–water partition coefficient (Wildman–Crippen LogP) is 1.46. The van der Waals surface area contributed by atoms with Crippen LogP contribution in [0, 0.1) is 18.3 Å². The van der Waals surface area contributed by atoms with E-state index in [1.807, 2.05) is 0 Å². The van der Waals surface area contributed by atoms with Crippen LogP contribution in [-0.4, -0.2) is 30.6 Å². The third-order valence-electron chi connectivity index (χ3n) is 3.55. The lowest BCUT2D eigenvalue weighted by atomic mass is 9.83. The minimum Gasteiger partial charge on any atom is -0.330 e. The number of terminal acetylenes is 1. The molecule has 3 unspecified atom stereocenters. The molecule has 1 rings (SSSR count). The molecule has 0 aromatic heterocycles. The topological polar surface area (TPSA) is 29.3 Å². The fourth-order valence-corrected chi connectivity index (χ4v) is 2.40. The van der Waals surface area contributed by atoms with Crippen molar-refractivity contribution >= 4 is 0 Å². The lowest BCUT2D eigenvalue weighted by Gasteiger charge is -2.39. The fourth-order valence-electron chi connectivity index (χ4n) is 2.40. The Morgan fingerprint density at radius 3 is 2.71 bits per heavy atom. The third kappa shape index (κ3) is 2.50. The monoisotopic (exact) mass is 194 g/mol. The van der Waals surface area contributed by atoms with Gasteiger partial charge >= 0.3 is 0 Å². The Morgan fingerprint density at radius 1 is 1.50 bits per heavy atom. The van der Waals surface area contributed by atoms with Crippen LogP contribution < -0.4 is 5.73 Å². The summed E-state index contributed by atoms with van der Waals surface area (Å²) in [5.41, 5.74) is 5.79. The molecule has 2 N–H and O–H groups in total. The Bertz CT molecular complexity index is 207. The molecular formula is C12H22N2. The van der Waals surface area contributed by atoms with Gasteiger partial charge in [-0.1, -0.05) is 18.8 Å². The van der Waals surface area contributed by atoms with E-state index >= 15 is 0 Å². The van der Waals surface area contributed by atoms with Crippen molar-refractivity contribution in [3.8, 4) is 12.3 Å². The minimum absolute atomic E-state index is 0.229. The summed E-state index contributed by atoms with van der Waals surface area (Å²) < 4.78 is 0. The fraction of sp³-hybridized carbons (Fsp3) is 0.833. The first-order valence-electron chi connectivity index (χ1n) is 5.58. The smallest absolute Gasteiger partial charge is 0.0683 e. The van der Waals surface area contributed by atoms with Crippen molar-refractivity contribution in [3.63, 3.8) is 0 Å². The van der Waals surface area contributed by atoms with Gasteiger partial charge in [-0.25, -0.2) is 0 Å². The zero-order chi connectivity index (χ0) is 10.6. The highest BCUT2D eigenvalue weighted by molar-refractivity contribution is 4.99. The summed E-state index contributed by atoms with van der Waals surface area (Å²) in [6, 6.07) is 0.826. The van der Waals surface area contributed by atoms with Gasteiger partial charge in [0.1, 0.15) is 0 Å². The summed E-state index contributed by atoms with van der Waals surface area (Å²) in [4.78, 5) is 2.32. The second kappa shape index (κ2) is 5.38. The van der Waals surface area contributed by atoms with E-state index in [9.17, 15) is 0 Å². The van der Waals surface area contributed by atoms with E-state index in [4.69, 9.17) is 12.2 Å². The molecule has 0 aromatic rings. The lowest BCUT2D eigenvalue weighted by molar-refractivity contribution is 0.119. The number of hydrogen-bond donors (Lipinski definition) is 1. The van der Waals surface area contributed by atoms with Crippen LogP contribution in [0.5, 0.6) is 0 Å². The molecule has 2 heteroatoms. The second-order valence-electron chi connectivity index (χ2n) is 4.36. The van der Waals surface area contributed by atoms with Crippen molar-refractivity contribution in [2.75, 3.05) is 13.6 Å². The molecule has 1 saturated carbocycles. The van der Waals surface area contributed by atoms with Gasteiger partial charge in [-0.15, -0.1) is 6.42 Å². The van der Waals surface area contributed by atoms with Crippen molar-refractivity contribution < 1.29 is 0 Å². The van der Waals surface area contributed by atoms with Gasteiger partial charge in [-0.2, -0.15) is 0 Å². The van der Waals surface area contributed by atoms with Crippen molar-refractivity contribution in [2.24, 2.45) is 11.7 Å². The Labute approximate surface area is 87.8 Å². The highest BCUT2D eigenvalue weighted by atomic mass is 15.2. The van der Waals surface area contributed by atoms with Gasteiger partial charge in [0.05, 0.1) is 6.04 Å². The highest BCUT2D eigenvalue weighted by Crippen LogP contribution is 2.27. The Kier molecular flexibility index (Phi) is 4.44.